The average Bonchev–Trinajstić information content (AvgIpc) is 2.62. The van der Waals surface area contributed by atoms with Crippen molar-refractivity contribution in [3.8, 4) is 0 Å². The number of rotatable bonds is 2. The summed E-state index contributed by atoms with van der Waals surface area (Å²) < 4.78 is 0. The van der Waals surface area contributed by atoms with Crippen LogP contribution < -0.4 is 10.6 Å². The van der Waals surface area contributed by atoms with Crippen LogP contribution >= 0.6 is 12.2 Å². The highest BCUT2D eigenvalue weighted by atomic mass is 32.1. The van der Waals surface area contributed by atoms with Gasteiger partial charge in [-0.25, -0.2) is 0 Å². The van der Waals surface area contributed by atoms with Crippen molar-refractivity contribution in [1.29, 1.82) is 0 Å². The number of hydrogen-bond donors (Lipinski definition) is 2. The summed E-state index contributed by atoms with van der Waals surface area (Å²) in [6, 6.07) is 0. The molecule has 0 radical (unpaired) electrons. The number of thiocarbonyl (C=S) groups is 1. The Morgan fingerprint density at radius 1 is 0.423 bits per heavy atom. The van der Waals surface area contributed by atoms with E-state index in [1.54, 1.807) is 0 Å². The molecule has 0 fully saturated rings. The Kier molecular flexibility index (Phi) is 5.82. The van der Waals surface area contributed by atoms with Crippen LogP contribution in [0.2, 0.25) is 0 Å². The fourth-order valence-corrected chi connectivity index (χ4v) is 3.84. The summed E-state index contributed by atoms with van der Waals surface area (Å²) in [5.74, 6) is 0. The first-order valence-corrected chi connectivity index (χ1v) is 9.61. The van der Waals surface area contributed by atoms with Crippen LogP contribution in [0.4, 0.5) is 11.4 Å². The molecule has 0 aliphatic carbocycles. The number of hydrogen-bond acceptors (Lipinski definition) is 1. The van der Waals surface area contributed by atoms with Crippen molar-refractivity contribution in [3.63, 3.8) is 0 Å². The van der Waals surface area contributed by atoms with E-state index in [4.69, 9.17) is 12.2 Å². The highest BCUT2D eigenvalue weighted by Crippen LogP contribution is 2.32. The van der Waals surface area contributed by atoms with Crippen molar-refractivity contribution in [1.82, 2.24) is 0 Å². The molecule has 0 aromatic heterocycles. The quantitative estimate of drug-likeness (QED) is 0.585. The van der Waals surface area contributed by atoms with Gasteiger partial charge in [0.25, 0.3) is 0 Å². The first kappa shape index (κ1) is 20.4. The number of benzene rings is 2. The van der Waals surface area contributed by atoms with Crippen molar-refractivity contribution >= 4 is 28.7 Å². The predicted octanol–water partition coefficient (Wildman–Crippen LogP) is 6.58. The summed E-state index contributed by atoms with van der Waals surface area (Å²) in [6.07, 6.45) is 0. The molecule has 2 aromatic rings. The van der Waals surface area contributed by atoms with E-state index in [1.807, 2.05) is 0 Å². The molecule has 2 N–H and O–H groups in total. The highest BCUT2D eigenvalue weighted by molar-refractivity contribution is 7.80. The van der Waals surface area contributed by atoms with E-state index < -0.39 is 0 Å². The van der Waals surface area contributed by atoms with Gasteiger partial charge in [0.1, 0.15) is 0 Å². The maximum atomic E-state index is 5.67. The van der Waals surface area contributed by atoms with Crippen LogP contribution in [0.3, 0.4) is 0 Å². The summed E-state index contributed by atoms with van der Waals surface area (Å²) >= 11 is 5.67. The normalized spacial score (nSPS) is 10.8. The average molecular weight is 369 g/mol. The van der Waals surface area contributed by atoms with Crippen molar-refractivity contribution in [2.45, 2.75) is 69.2 Å². The molecule has 0 amide bonds. The van der Waals surface area contributed by atoms with E-state index in [2.05, 4.69) is 79.9 Å². The van der Waals surface area contributed by atoms with Gasteiger partial charge in [-0.2, -0.15) is 0 Å². The lowest BCUT2D eigenvalue weighted by Gasteiger charge is -2.23. The lowest BCUT2D eigenvalue weighted by molar-refractivity contribution is 1.17. The summed E-state index contributed by atoms with van der Waals surface area (Å²) in [5, 5.41) is 7.57. The first-order chi connectivity index (χ1) is 12.0. The van der Waals surface area contributed by atoms with Gasteiger partial charge in [-0.1, -0.05) is 0 Å². The Balaban J connectivity index is 2.41. The smallest absolute Gasteiger partial charge is 0.175 e. The summed E-state index contributed by atoms with van der Waals surface area (Å²) in [7, 11) is 0. The summed E-state index contributed by atoms with van der Waals surface area (Å²) in [6.45, 7) is 21.8. The molecule has 0 heterocycles. The van der Waals surface area contributed by atoms with Gasteiger partial charge in [-0.15, -0.1) is 0 Å². The second kappa shape index (κ2) is 7.40. The van der Waals surface area contributed by atoms with E-state index in [0.29, 0.717) is 5.11 Å². The van der Waals surface area contributed by atoms with Gasteiger partial charge in [0.2, 0.25) is 0 Å². The van der Waals surface area contributed by atoms with Gasteiger partial charge in [0.15, 0.2) is 5.11 Å². The van der Waals surface area contributed by atoms with Crippen LogP contribution in [0.25, 0.3) is 0 Å². The molecule has 0 saturated carbocycles. The van der Waals surface area contributed by atoms with Crippen LogP contribution in [0.15, 0.2) is 0 Å². The minimum Gasteiger partial charge on any atom is -0.332 e. The van der Waals surface area contributed by atoms with Crippen LogP contribution in [0.5, 0.6) is 0 Å². The van der Waals surface area contributed by atoms with Gasteiger partial charge in [0, 0.05) is 11.4 Å². The third-order valence-corrected chi connectivity index (χ3v) is 6.68. The molecule has 0 atom stereocenters. The maximum Gasteiger partial charge on any atom is 0.175 e. The summed E-state index contributed by atoms with van der Waals surface area (Å²) in [5.41, 5.74) is 15.3. The Morgan fingerprint density at radius 3 is 0.846 bits per heavy atom. The molecular formula is C23H32N2S. The molecule has 0 saturated heterocycles. The molecule has 0 spiro atoms. The lowest BCUT2D eigenvalue weighted by atomic mass is 9.92. The Labute approximate surface area is 164 Å². The van der Waals surface area contributed by atoms with E-state index in [-0.39, 0.29) is 0 Å². The van der Waals surface area contributed by atoms with Gasteiger partial charge in [-0.3, -0.25) is 0 Å². The Bertz CT molecular complexity index is 776. The van der Waals surface area contributed by atoms with E-state index >= 15 is 0 Å². The van der Waals surface area contributed by atoms with Gasteiger partial charge in [-0.05, 0) is 137 Å². The Morgan fingerprint density at radius 2 is 0.615 bits per heavy atom. The minimum absolute atomic E-state index is 0.646. The largest absolute Gasteiger partial charge is 0.332 e. The van der Waals surface area contributed by atoms with Crippen LogP contribution in [0.1, 0.15) is 55.6 Å². The van der Waals surface area contributed by atoms with Crippen LogP contribution in [-0.4, -0.2) is 5.11 Å². The van der Waals surface area contributed by atoms with E-state index in [9.17, 15) is 0 Å². The van der Waals surface area contributed by atoms with Crippen molar-refractivity contribution in [2.24, 2.45) is 0 Å². The SMILES string of the molecule is Cc1c(C)c(C)c(NC(=S)Nc2c(C)c(C)c(C)c(C)c2C)c(C)c1C. The zero-order valence-electron chi connectivity index (χ0n) is 17.9. The fraction of sp³-hybridized carbons (Fsp3) is 0.435. The monoisotopic (exact) mass is 368 g/mol. The lowest BCUT2D eigenvalue weighted by Crippen LogP contribution is -2.22. The third-order valence-electron chi connectivity index (χ3n) is 6.48. The topological polar surface area (TPSA) is 24.1 Å². The van der Waals surface area contributed by atoms with Crippen LogP contribution in [-0.2, 0) is 0 Å². The van der Waals surface area contributed by atoms with E-state index in [1.165, 1.54) is 55.6 Å². The van der Waals surface area contributed by atoms with Crippen molar-refractivity contribution in [3.05, 3.63) is 55.6 Å². The standard InChI is InChI=1S/C23H32N2S/c1-11-13(3)17(7)21(18(8)14(11)4)24-23(26)25-22-19(9)15(5)12(2)16(6)20(22)10/h1-10H3,(H2,24,25,26). The van der Waals surface area contributed by atoms with Crippen molar-refractivity contribution < 1.29 is 0 Å². The molecule has 0 aliphatic rings. The number of nitrogens with one attached hydrogen (secondary N) is 2. The second-order valence-electron chi connectivity index (χ2n) is 7.58. The third kappa shape index (κ3) is 3.37. The zero-order valence-corrected chi connectivity index (χ0v) is 18.7. The molecule has 26 heavy (non-hydrogen) atoms. The Hall–Kier alpha value is -1.87. The fourth-order valence-electron chi connectivity index (χ4n) is 3.63. The minimum atomic E-state index is 0.646. The maximum absolute atomic E-state index is 5.67. The molecular weight excluding hydrogens is 336 g/mol. The second-order valence-corrected chi connectivity index (χ2v) is 7.99. The van der Waals surface area contributed by atoms with Gasteiger partial charge in [0.05, 0.1) is 0 Å². The van der Waals surface area contributed by atoms with E-state index in [0.717, 1.165) is 11.4 Å². The predicted molar refractivity (Wildman–Crippen MR) is 120 cm³/mol. The highest BCUT2D eigenvalue weighted by Gasteiger charge is 2.16. The van der Waals surface area contributed by atoms with Crippen LogP contribution in [0, 0.1) is 69.2 Å². The molecule has 0 bridgehead atoms. The molecule has 2 rings (SSSR count). The molecule has 0 unspecified atom stereocenters. The molecule has 2 aromatic carbocycles. The van der Waals surface area contributed by atoms with Crippen molar-refractivity contribution in [2.75, 3.05) is 10.6 Å². The molecule has 0 aliphatic heterocycles. The first-order valence-electron chi connectivity index (χ1n) is 9.20. The molecule has 140 valence electrons. The molecule has 3 heteroatoms. The number of anilines is 2. The van der Waals surface area contributed by atoms with Gasteiger partial charge >= 0.3 is 0 Å². The van der Waals surface area contributed by atoms with Gasteiger partial charge < -0.3 is 10.6 Å². The summed E-state index contributed by atoms with van der Waals surface area (Å²) in [4.78, 5) is 0. The zero-order chi connectivity index (χ0) is 19.9. The molecule has 2 nitrogen and oxygen atoms in total.